The van der Waals surface area contributed by atoms with Crippen molar-refractivity contribution >= 4 is 0 Å². The van der Waals surface area contributed by atoms with Gasteiger partial charge in [0.25, 0.3) is 0 Å². The Balaban J connectivity index is 2.03. The molecule has 0 aromatic rings. The highest BCUT2D eigenvalue weighted by atomic mass is 16.5. The Bertz CT molecular complexity index is 129. The molecule has 2 heteroatoms. The van der Waals surface area contributed by atoms with Crippen molar-refractivity contribution in [3.63, 3.8) is 0 Å². The molecule has 2 aliphatic heterocycles. The number of nitrogens with one attached hydrogen (secondary N) is 1. The summed E-state index contributed by atoms with van der Waals surface area (Å²) in [5.74, 6) is 0.849. The van der Waals surface area contributed by atoms with E-state index in [2.05, 4.69) is 12.2 Å². The predicted octanol–water partition coefficient (Wildman–Crippen LogP) is 0.775. The maximum Gasteiger partial charge on any atom is 0.0649 e. The Morgan fingerprint density at radius 1 is 1.60 bits per heavy atom. The lowest BCUT2D eigenvalue weighted by Gasteiger charge is -2.20. The van der Waals surface area contributed by atoms with Gasteiger partial charge in [-0.3, -0.25) is 0 Å². The van der Waals surface area contributed by atoms with Crippen molar-refractivity contribution in [3.05, 3.63) is 0 Å². The van der Waals surface area contributed by atoms with E-state index < -0.39 is 0 Å². The van der Waals surface area contributed by atoms with Gasteiger partial charge in [-0.2, -0.15) is 0 Å². The third kappa shape index (κ3) is 0.956. The third-order valence-corrected chi connectivity index (χ3v) is 2.67. The minimum absolute atomic E-state index is 0.388. The molecule has 2 atom stereocenters. The molecular formula is C8H15NO. The van der Waals surface area contributed by atoms with Crippen LogP contribution in [0.25, 0.3) is 0 Å². The van der Waals surface area contributed by atoms with Crippen molar-refractivity contribution in [2.24, 2.45) is 5.92 Å². The fraction of sp³-hybridized carbons (Fsp3) is 1.00. The van der Waals surface area contributed by atoms with Crippen LogP contribution in [-0.4, -0.2) is 25.3 Å². The molecule has 0 saturated carbocycles. The molecule has 2 heterocycles. The molecule has 1 spiro atoms. The summed E-state index contributed by atoms with van der Waals surface area (Å²) in [7, 11) is 0. The third-order valence-electron chi connectivity index (χ3n) is 2.67. The zero-order valence-electron chi connectivity index (χ0n) is 6.52. The van der Waals surface area contributed by atoms with Crippen LogP contribution in [0.3, 0.4) is 0 Å². The van der Waals surface area contributed by atoms with Gasteiger partial charge in [-0.25, -0.2) is 0 Å². The SMILES string of the molecule is CC1CNC2(CCOC2)C1. The molecule has 2 aliphatic rings. The Kier molecular flexibility index (Phi) is 1.46. The summed E-state index contributed by atoms with van der Waals surface area (Å²) in [4.78, 5) is 0. The second-order valence-corrected chi connectivity index (χ2v) is 3.77. The molecule has 0 aromatic carbocycles. The maximum absolute atomic E-state index is 5.37. The number of ether oxygens (including phenoxy) is 1. The molecule has 0 bridgehead atoms. The molecule has 2 saturated heterocycles. The Morgan fingerprint density at radius 2 is 2.50 bits per heavy atom. The highest BCUT2D eigenvalue weighted by Gasteiger charge is 2.39. The zero-order chi connectivity index (χ0) is 7.03. The Labute approximate surface area is 61.9 Å². The van der Waals surface area contributed by atoms with E-state index in [-0.39, 0.29) is 0 Å². The molecule has 2 unspecified atom stereocenters. The van der Waals surface area contributed by atoms with E-state index >= 15 is 0 Å². The lowest BCUT2D eigenvalue weighted by molar-refractivity contribution is 0.172. The van der Waals surface area contributed by atoms with E-state index in [4.69, 9.17) is 4.74 Å². The lowest BCUT2D eigenvalue weighted by Crippen LogP contribution is -2.39. The molecule has 0 aromatic heterocycles. The van der Waals surface area contributed by atoms with Crippen molar-refractivity contribution in [1.82, 2.24) is 5.32 Å². The van der Waals surface area contributed by atoms with Crippen molar-refractivity contribution < 1.29 is 4.74 Å². The molecule has 0 aliphatic carbocycles. The number of hydrogen-bond donors (Lipinski definition) is 1. The van der Waals surface area contributed by atoms with E-state index in [0.717, 1.165) is 19.1 Å². The summed E-state index contributed by atoms with van der Waals surface area (Å²) in [5.41, 5.74) is 0.388. The summed E-state index contributed by atoms with van der Waals surface area (Å²) < 4.78 is 5.37. The normalized spacial score (nSPS) is 47.1. The molecule has 2 fully saturated rings. The molecule has 0 radical (unpaired) electrons. The van der Waals surface area contributed by atoms with E-state index in [0.29, 0.717) is 5.54 Å². The highest BCUT2D eigenvalue weighted by Crippen LogP contribution is 2.30. The predicted molar refractivity (Wildman–Crippen MR) is 40.0 cm³/mol. The average Bonchev–Trinajstić information content (AvgIpc) is 2.46. The molecule has 1 N–H and O–H groups in total. The standard InChI is InChI=1S/C8H15NO/c1-7-4-8(9-5-7)2-3-10-6-8/h7,9H,2-6H2,1H3. The molecule has 2 rings (SSSR count). The van der Waals surface area contributed by atoms with Gasteiger partial charge >= 0.3 is 0 Å². The largest absolute Gasteiger partial charge is 0.379 e. The van der Waals surface area contributed by atoms with Crippen molar-refractivity contribution in [1.29, 1.82) is 0 Å². The average molecular weight is 141 g/mol. The van der Waals surface area contributed by atoms with Gasteiger partial charge in [0.1, 0.15) is 0 Å². The van der Waals surface area contributed by atoms with Crippen LogP contribution in [0.2, 0.25) is 0 Å². The van der Waals surface area contributed by atoms with Crippen molar-refractivity contribution in [3.8, 4) is 0 Å². The fourth-order valence-corrected chi connectivity index (χ4v) is 2.11. The van der Waals surface area contributed by atoms with Gasteiger partial charge in [-0.1, -0.05) is 6.92 Å². The second kappa shape index (κ2) is 2.21. The Morgan fingerprint density at radius 3 is 3.00 bits per heavy atom. The van der Waals surface area contributed by atoms with E-state index in [9.17, 15) is 0 Å². The summed E-state index contributed by atoms with van der Waals surface area (Å²) in [6.45, 7) is 5.39. The van der Waals surface area contributed by atoms with E-state index in [1.807, 2.05) is 0 Å². The second-order valence-electron chi connectivity index (χ2n) is 3.77. The summed E-state index contributed by atoms with van der Waals surface area (Å²) in [5, 5.41) is 3.56. The smallest absolute Gasteiger partial charge is 0.0649 e. The van der Waals surface area contributed by atoms with E-state index in [1.165, 1.54) is 19.4 Å². The molecular weight excluding hydrogens is 126 g/mol. The van der Waals surface area contributed by atoms with Crippen molar-refractivity contribution in [2.45, 2.75) is 25.3 Å². The maximum atomic E-state index is 5.37. The van der Waals surface area contributed by atoms with Crippen LogP contribution in [-0.2, 0) is 4.74 Å². The van der Waals surface area contributed by atoms with Gasteiger partial charge in [-0.15, -0.1) is 0 Å². The Hall–Kier alpha value is -0.0800. The van der Waals surface area contributed by atoms with Gasteiger partial charge in [0, 0.05) is 12.1 Å². The topological polar surface area (TPSA) is 21.3 Å². The molecule has 10 heavy (non-hydrogen) atoms. The fourth-order valence-electron chi connectivity index (χ4n) is 2.11. The summed E-state index contributed by atoms with van der Waals surface area (Å²) in [6, 6.07) is 0. The minimum atomic E-state index is 0.388. The van der Waals surface area contributed by atoms with Crippen LogP contribution < -0.4 is 5.32 Å². The highest BCUT2D eigenvalue weighted by molar-refractivity contribution is 4.97. The first-order chi connectivity index (χ1) is 4.81. The monoisotopic (exact) mass is 141 g/mol. The van der Waals surface area contributed by atoms with Gasteiger partial charge in [0.2, 0.25) is 0 Å². The summed E-state index contributed by atoms with van der Waals surface area (Å²) in [6.07, 6.45) is 2.53. The molecule has 0 amide bonds. The first-order valence-electron chi connectivity index (χ1n) is 4.14. The van der Waals surface area contributed by atoms with Crippen LogP contribution in [0.1, 0.15) is 19.8 Å². The van der Waals surface area contributed by atoms with Crippen LogP contribution in [0.15, 0.2) is 0 Å². The summed E-state index contributed by atoms with van der Waals surface area (Å²) >= 11 is 0. The van der Waals surface area contributed by atoms with Crippen LogP contribution in [0, 0.1) is 5.92 Å². The van der Waals surface area contributed by atoms with Gasteiger partial charge in [0.05, 0.1) is 6.61 Å². The lowest BCUT2D eigenvalue weighted by atomic mass is 9.93. The first kappa shape index (κ1) is 6.62. The molecule has 2 nitrogen and oxygen atoms in total. The van der Waals surface area contributed by atoms with Crippen molar-refractivity contribution in [2.75, 3.05) is 19.8 Å². The van der Waals surface area contributed by atoms with Crippen LogP contribution >= 0.6 is 0 Å². The quantitative estimate of drug-likeness (QED) is 0.538. The minimum Gasteiger partial charge on any atom is -0.379 e. The molecule has 58 valence electrons. The van der Waals surface area contributed by atoms with E-state index in [1.54, 1.807) is 0 Å². The first-order valence-corrected chi connectivity index (χ1v) is 4.14. The zero-order valence-corrected chi connectivity index (χ0v) is 6.52. The van der Waals surface area contributed by atoms with Crippen LogP contribution in [0.5, 0.6) is 0 Å². The number of rotatable bonds is 0. The van der Waals surface area contributed by atoms with Gasteiger partial charge < -0.3 is 10.1 Å². The van der Waals surface area contributed by atoms with Crippen LogP contribution in [0.4, 0.5) is 0 Å². The van der Waals surface area contributed by atoms with Gasteiger partial charge in [-0.05, 0) is 25.3 Å². The number of hydrogen-bond acceptors (Lipinski definition) is 2. The van der Waals surface area contributed by atoms with Gasteiger partial charge in [0.15, 0.2) is 0 Å².